The average Bonchev–Trinajstić information content (AvgIpc) is 2.69. The summed E-state index contributed by atoms with van der Waals surface area (Å²) in [6.07, 6.45) is 4.77. The van der Waals surface area contributed by atoms with Crippen molar-refractivity contribution in [2.24, 2.45) is 0 Å². The van der Waals surface area contributed by atoms with Gasteiger partial charge in [-0.3, -0.25) is 0 Å². The van der Waals surface area contributed by atoms with Gasteiger partial charge in [-0.2, -0.15) is 10.2 Å². The molecule has 0 fully saturated rings. The Labute approximate surface area is 157 Å². The van der Waals surface area contributed by atoms with Gasteiger partial charge in [-0.25, -0.2) is 9.83 Å². The molecule has 0 unspecified atom stereocenters. The quantitative estimate of drug-likeness (QED) is 0.647. The minimum atomic E-state index is 0.395. The maximum Gasteiger partial charge on any atom is 0.230 e. The van der Waals surface area contributed by atoms with Crippen LogP contribution in [0.15, 0.2) is 60.9 Å². The van der Waals surface area contributed by atoms with Crippen molar-refractivity contribution in [3.8, 4) is 17.7 Å². The van der Waals surface area contributed by atoms with E-state index < -0.39 is 0 Å². The molecule has 6 heteroatoms. The summed E-state index contributed by atoms with van der Waals surface area (Å²) < 4.78 is 5.86. The number of rotatable bonds is 5. The number of benzene rings is 2. The fraction of sp³-hybridized carbons (Fsp3) is 0.0476. The Morgan fingerprint density at radius 3 is 2.70 bits per heavy atom. The van der Waals surface area contributed by atoms with Gasteiger partial charge in [0.15, 0.2) is 6.20 Å². The number of anilines is 2. The van der Waals surface area contributed by atoms with Crippen LogP contribution in [-0.4, -0.2) is 9.97 Å². The highest BCUT2D eigenvalue weighted by atomic mass is 16.5. The molecular formula is C21H15N5O. The summed E-state index contributed by atoms with van der Waals surface area (Å²) in [6, 6.07) is 16.4. The molecular weight excluding hydrogens is 338 g/mol. The Morgan fingerprint density at radius 1 is 1.19 bits per heavy atom. The fourth-order valence-corrected chi connectivity index (χ4v) is 2.34. The van der Waals surface area contributed by atoms with Crippen LogP contribution in [0.4, 0.5) is 11.6 Å². The van der Waals surface area contributed by atoms with E-state index in [-0.39, 0.29) is 0 Å². The van der Waals surface area contributed by atoms with Gasteiger partial charge in [-0.05, 0) is 54.4 Å². The van der Waals surface area contributed by atoms with Crippen LogP contribution >= 0.6 is 0 Å². The minimum Gasteiger partial charge on any atom is -0.439 e. The van der Waals surface area contributed by atoms with Gasteiger partial charge in [0, 0.05) is 18.0 Å². The molecule has 130 valence electrons. The molecule has 0 aliphatic carbocycles. The molecule has 0 bridgehead atoms. The zero-order valence-electron chi connectivity index (χ0n) is 14.5. The number of nitrogens with one attached hydrogen (secondary N) is 1. The molecule has 0 saturated carbocycles. The van der Waals surface area contributed by atoms with Gasteiger partial charge >= 0.3 is 0 Å². The lowest BCUT2D eigenvalue weighted by Gasteiger charge is -2.10. The predicted molar refractivity (Wildman–Crippen MR) is 103 cm³/mol. The van der Waals surface area contributed by atoms with E-state index in [9.17, 15) is 0 Å². The molecule has 6 nitrogen and oxygen atoms in total. The lowest BCUT2D eigenvalue weighted by atomic mass is 10.1. The highest BCUT2D eigenvalue weighted by Gasteiger charge is 2.05. The maximum absolute atomic E-state index is 8.85. The van der Waals surface area contributed by atoms with Crippen LogP contribution in [0.25, 0.3) is 10.9 Å². The van der Waals surface area contributed by atoms with Gasteiger partial charge in [-0.1, -0.05) is 12.1 Å². The summed E-state index contributed by atoms with van der Waals surface area (Å²) in [4.78, 5) is 11.7. The molecule has 0 aliphatic heterocycles. The highest BCUT2D eigenvalue weighted by molar-refractivity contribution is 5.56. The van der Waals surface area contributed by atoms with Crippen molar-refractivity contribution in [1.29, 1.82) is 5.26 Å². The van der Waals surface area contributed by atoms with Gasteiger partial charge < -0.3 is 10.1 Å². The number of ether oxygens (including phenoxy) is 1. The summed E-state index contributed by atoms with van der Waals surface area (Å²) in [5, 5.41) is 11.9. The Balaban J connectivity index is 1.75. The van der Waals surface area contributed by atoms with Crippen molar-refractivity contribution in [2.75, 3.05) is 5.32 Å². The normalized spacial score (nSPS) is 10.2. The van der Waals surface area contributed by atoms with E-state index in [1.165, 1.54) is 6.20 Å². The third kappa shape index (κ3) is 4.68. The van der Waals surface area contributed by atoms with Gasteiger partial charge in [0.25, 0.3) is 0 Å². The Morgan fingerprint density at radius 2 is 2.00 bits per heavy atom. The molecule has 0 atom stereocenters. The monoisotopic (exact) mass is 353 g/mol. The Kier molecular flexibility index (Phi) is 5.42. The fourth-order valence-electron chi connectivity index (χ4n) is 2.34. The van der Waals surface area contributed by atoms with Crippen molar-refractivity contribution in [1.82, 2.24) is 9.97 Å². The first-order valence-electron chi connectivity index (χ1n) is 8.10. The van der Waals surface area contributed by atoms with E-state index in [0.29, 0.717) is 23.1 Å². The van der Waals surface area contributed by atoms with Gasteiger partial charge in [0.1, 0.15) is 5.75 Å². The molecule has 1 N–H and O–H groups in total. The largest absolute Gasteiger partial charge is 0.439 e. The number of nitriles is 1. The summed E-state index contributed by atoms with van der Waals surface area (Å²) in [6.45, 7) is 8.73. The lowest BCUT2D eigenvalue weighted by Crippen LogP contribution is -1.98. The molecule has 3 aromatic rings. The van der Waals surface area contributed by atoms with Crippen LogP contribution in [0.1, 0.15) is 16.7 Å². The number of nitrogens with zero attached hydrogens (tertiary/aromatic N) is 4. The van der Waals surface area contributed by atoms with E-state index >= 15 is 0 Å². The van der Waals surface area contributed by atoms with E-state index in [1.807, 2.05) is 25.1 Å². The highest BCUT2D eigenvalue weighted by Crippen LogP contribution is 2.26. The van der Waals surface area contributed by atoms with Gasteiger partial charge in [0.05, 0.1) is 18.2 Å². The zero-order chi connectivity index (χ0) is 19.1. The van der Waals surface area contributed by atoms with Crippen molar-refractivity contribution < 1.29 is 4.74 Å². The molecule has 0 saturated heterocycles. The topological polar surface area (TPSA) is 75.2 Å². The maximum atomic E-state index is 8.85. The predicted octanol–water partition coefficient (Wildman–Crippen LogP) is 5.08. The van der Waals surface area contributed by atoms with Crippen molar-refractivity contribution in [2.45, 2.75) is 6.92 Å². The van der Waals surface area contributed by atoms with Crippen molar-refractivity contribution in [3.05, 3.63) is 89.0 Å². The standard InChI is InChI=1S/C21H15N5O/c1-15-13-16(9-11-23-2)5-8-19(15)27-20-10-12-24-21(26-20)25-18-6-3-17(14-22)4-7-18/h3-13H,1H3,(H,24,25,26)/b11-9+. The van der Waals surface area contributed by atoms with Gasteiger partial charge in [0.2, 0.25) is 11.8 Å². The minimum absolute atomic E-state index is 0.395. The Bertz CT molecular complexity index is 1060. The Hall–Kier alpha value is -4.16. The van der Waals surface area contributed by atoms with Crippen LogP contribution in [0.2, 0.25) is 0 Å². The van der Waals surface area contributed by atoms with E-state index in [2.05, 4.69) is 26.2 Å². The number of hydrogen-bond acceptors (Lipinski definition) is 5. The summed E-state index contributed by atoms with van der Waals surface area (Å²) in [5.41, 5.74) is 3.23. The number of aromatic nitrogens is 2. The van der Waals surface area contributed by atoms with E-state index in [4.69, 9.17) is 16.6 Å². The van der Waals surface area contributed by atoms with Crippen molar-refractivity contribution >= 4 is 17.7 Å². The molecule has 2 aromatic carbocycles. The zero-order valence-corrected chi connectivity index (χ0v) is 14.5. The van der Waals surface area contributed by atoms with Crippen LogP contribution in [0.3, 0.4) is 0 Å². The second kappa shape index (κ2) is 8.28. The smallest absolute Gasteiger partial charge is 0.230 e. The second-order valence-electron chi connectivity index (χ2n) is 5.60. The molecule has 3 rings (SSSR count). The molecule has 1 aromatic heterocycles. The van der Waals surface area contributed by atoms with E-state index in [0.717, 1.165) is 16.8 Å². The first-order chi connectivity index (χ1) is 13.2. The van der Waals surface area contributed by atoms with Crippen molar-refractivity contribution in [3.63, 3.8) is 0 Å². The number of aryl methyl sites for hydroxylation is 1. The van der Waals surface area contributed by atoms with E-state index in [1.54, 1.807) is 42.6 Å². The van der Waals surface area contributed by atoms with Gasteiger partial charge in [-0.15, -0.1) is 0 Å². The average molecular weight is 353 g/mol. The SMILES string of the molecule is [C-]#[N+]/C=C/c1ccc(Oc2ccnc(Nc3ccc(C#N)cc3)n2)c(C)c1. The summed E-state index contributed by atoms with van der Waals surface area (Å²) >= 11 is 0. The van der Waals surface area contributed by atoms with Crippen LogP contribution in [-0.2, 0) is 0 Å². The number of hydrogen-bond donors (Lipinski definition) is 1. The molecule has 0 spiro atoms. The van der Waals surface area contributed by atoms with Crippen LogP contribution in [0.5, 0.6) is 11.6 Å². The molecule has 1 heterocycles. The molecule has 0 radical (unpaired) electrons. The molecule has 27 heavy (non-hydrogen) atoms. The summed E-state index contributed by atoms with van der Waals surface area (Å²) in [5.74, 6) is 1.48. The summed E-state index contributed by atoms with van der Waals surface area (Å²) in [7, 11) is 0. The lowest BCUT2D eigenvalue weighted by molar-refractivity contribution is 0.459. The second-order valence-corrected chi connectivity index (χ2v) is 5.60. The van der Waals surface area contributed by atoms with Crippen LogP contribution in [0, 0.1) is 24.8 Å². The van der Waals surface area contributed by atoms with Crippen LogP contribution < -0.4 is 10.1 Å². The molecule has 0 aliphatic rings. The first-order valence-corrected chi connectivity index (χ1v) is 8.10. The first kappa shape index (κ1) is 17.7. The molecule has 0 amide bonds. The third-order valence-corrected chi connectivity index (χ3v) is 3.66. The third-order valence-electron chi connectivity index (χ3n) is 3.66.